The third-order valence-corrected chi connectivity index (χ3v) is 6.39. The fourth-order valence-corrected chi connectivity index (χ4v) is 4.81. The minimum atomic E-state index is -3.19. The molecule has 0 radical (unpaired) electrons. The van der Waals surface area contributed by atoms with Gasteiger partial charge in [-0.05, 0) is 25.3 Å². The van der Waals surface area contributed by atoms with E-state index in [9.17, 15) is 41.4 Å². The largest absolute Gasteiger partial charge is 0.378 e. The summed E-state index contributed by atoms with van der Waals surface area (Å²) in [5.74, 6) is -11.0. The fraction of sp³-hybridized carbons (Fsp3) is 0.409. The minimum Gasteiger partial charge on any atom is -0.378 e. The summed E-state index contributed by atoms with van der Waals surface area (Å²) < 4.78 is 68.6. The smallest absolute Gasteiger partial charge is 0.272 e. The number of rotatable bonds is 6. The van der Waals surface area contributed by atoms with Crippen LogP contribution in [-0.2, 0) is 22.6 Å². The SMILES string of the molecule is Cc1c(C(O)C(=O)NC2(C(N)=O)CC(F)(F)C2)c2n(c1C(=O)Nc1cc(F)c(F)c(F)c1)CCC2. The fourth-order valence-electron chi connectivity index (χ4n) is 4.81. The number of fused-ring (bicyclic) bond motifs is 1. The van der Waals surface area contributed by atoms with Gasteiger partial charge in [0.25, 0.3) is 17.7 Å². The molecule has 35 heavy (non-hydrogen) atoms. The molecule has 1 unspecified atom stereocenters. The van der Waals surface area contributed by atoms with Gasteiger partial charge in [-0.1, -0.05) is 0 Å². The number of amides is 3. The van der Waals surface area contributed by atoms with Gasteiger partial charge >= 0.3 is 0 Å². The number of benzene rings is 1. The number of carbonyl (C=O) groups is 3. The molecule has 0 saturated heterocycles. The number of anilines is 1. The van der Waals surface area contributed by atoms with Crippen molar-refractivity contribution < 1.29 is 41.4 Å². The molecule has 1 aromatic heterocycles. The van der Waals surface area contributed by atoms with Crippen molar-refractivity contribution in [2.24, 2.45) is 5.73 Å². The maximum atomic E-state index is 13.5. The Morgan fingerprint density at radius 3 is 2.29 bits per heavy atom. The zero-order valence-electron chi connectivity index (χ0n) is 18.4. The molecule has 0 bridgehead atoms. The van der Waals surface area contributed by atoms with Crippen LogP contribution in [0.4, 0.5) is 27.6 Å². The molecular weight excluding hydrogens is 479 g/mol. The van der Waals surface area contributed by atoms with E-state index in [1.54, 1.807) is 0 Å². The maximum Gasteiger partial charge on any atom is 0.272 e. The van der Waals surface area contributed by atoms with Gasteiger partial charge < -0.3 is 26.0 Å². The number of aromatic nitrogens is 1. The Labute approximate surface area is 195 Å². The van der Waals surface area contributed by atoms with Gasteiger partial charge in [0.2, 0.25) is 5.91 Å². The van der Waals surface area contributed by atoms with E-state index < -0.39 is 65.6 Å². The second-order valence-corrected chi connectivity index (χ2v) is 8.84. The summed E-state index contributed by atoms with van der Waals surface area (Å²) in [5.41, 5.74) is 3.48. The van der Waals surface area contributed by atoms with Crippen molar-refractivity contribution in [2.75, 3.05) is 5.32 Å². The number of hydrogen-bond acceptors (Lipinski definition) is 4. The molecule has 4 rings (SSSR count). The number of carbonyl (C=O) groups excluding carboxylic acids is 3. The molecule has 1 aliphatic carbocycles. The number of nitrogens with two attached hydrogens (primary N) is 1. The average Bonchev–Trinajstić information content (AvgIpc) is 3.29. The van der Waals surface area contributed by atoms with Crippen molar-refractivity contribution in [3.63, 3.8) is 0 Å². The van der Waals surface area contributed by atoms with Gasteiger partial charge in [0.1, 0.15) is 11.2 Å². The van der Waals surface area contributed by atoms with Crippen molar-refractivity contribution in [2.45, 2.75) is 56.7 Å². The van der Waals surface area contributed by atoms with E-state index in [2.05, 4.69) is 10.6 Å². The highest BCUT2D eigenvalue weighted by Gasteiger charge is 2.61. The lowest BCUT2D eigenvalue weighted by atomic mass is 9.72. The number of aliphatic hydroxyl groups is 1. The first-order chi connectivity index (χ1) is 16.3. The molecule has 5 N–H and O–H groups in total. The minimum absolute atomic E-state index is 0.00992. The standard InChI is InChI=1S/C22H21F5N4O4/c1-9-14(17(32)19(34)30-21(20(28)35)7-22(26,27)8-21)13-3-2-4-31(13)16(9)18(33)29-10-5-11(23)15(25)12(24)6-10/h5-6,17,32H,2-4,7-8H2,1H3,(H2,28,35)(H,29,33)(H,30,34). The second kappa shape index (κ2) is 8.33. The predicted molar refractivity (Wildman–Crippen MR) is 111 cm³/mol. The predicted octanol–water partition coefficient (Wildman–Crippen LogP) is 2.22. The normalized spacial score (nSPS) is 18.4. The van der Waals surface area contributed by atoms with E-state index in [0.29, 0.717) is 37.2 Å². The van der Waals surface area contributed by atoms with E-state index >= 15 is 0 Å². The number of nitrogens with one attached hydrogen (secondary N) is 2. The molecule has 188 valence electrons. The average molecular weight is 500 g/mol. The van der Waals surface area contributed by atoms with Crippen molar-refractivity contribution in [1.82, 2.24) is 9.88 Å². The second-order valence-electron chi connectivity index (χ2n) is 8.84. The zero-order chi connectivity index (χ0) is 25.9. The molecule has 8 nitrogen and oxygen atoms in total. The number of alkyl halides is 2. The summed E-state index contributed by atoms with van der Waals surface area (Å²) >= 11 is 0. The van der Waals surface area contributed by atoms with Crippen LogP contribution in [-0.4, -0.2) is 38.9 Å². The van der Waals surface area contributed by atoms with E-state index in [0.717, 1.165) is 0 Å². The maximum absolute atomic E-state index is 13.5. The van der Waals surface area contributed by atoms with Crippen LogP contribution >= 0.6 is 0 Å². The summed E-state index contributed by atoms with van der Waals surface area (Å²) in [6.45, 7) is 1.76. The lowest BCUT2D eigenvalue weighted by molar-refractivity contribution is -0.166. The van der Waals surface area contributed by atoms with Gasteiger partial charge in [0.15, 0.2) is 23.6 Å². The summed E-state index contributed by atoms with van der Waals surface area (Å²) in [5, 5.41) is 15.2. The van der Waals surface area contributed by atoms with Gasteiger partial charge in [0, 0.05) is 48.5 Å². The molecule has 1 saturated carbocycles. The van der Waals surface area contributed by atoms with E-state index in [1.165, 1.54) is 11.5 Å². The number of nitrogens with zero attached hydrogens (tertiary/aromatic N) is 1. The molecule has 0 spiro atoms. The topological polar surface area (TPSA) is 126 Å². The Kier molecular flexibility index (Phi) is 5.86. The highest BCUT2D eigenvalue weighted by Crippen LogP contribution is 2.46. The van der Waals surface area contributed by atoms with Crippen molar-refractivity contribution >= 4 is 23.4 Å². The zero-order valence-corrected chi connectivity index (χ0v) is 18.4. The first-order valence-electron chi connectivity index (χ1n) is 10.6. The van der Waals surface area contributed by atoms with Crippen molar-refractivity contribution in [3.05, 3.63) is 52.1 Å². The number of hydrogen-bond donors (Lipinski definition) is 4. The van der Waals surface area contributed by atoms with Gasteiger partial charge in [-0.3, -0.25) is 14.4 Å². The molecule has 3 amide bonds. The molecular formula is C22H21F5N4O4. The third-order valence-electron chi connectivity index (χ3n) is 6.39. The van der Waals surface area contributed by atoms with Crippen LogP contribution < -0.4 is 16.4 Å². The molecule has 1 aliphatic heterocycles. The van der Waals surface area contributed by atoms with Gasteiger partial charge in [0.05, 0.1) is 0 Å². The monoisotopic (exact) mass is 500 g/mol. The number of aliphatic hydroxyl groups excluding tert-OH is 1. The molecule has 2 aromatic rings. The third kappa shape index (κ3) is 4.13. The van der Waals surface area contributed by atoms with Crippen LogP contribution in [0, 0.1) is 24.4 Å². The van der Waals surface area contributed by atoms with E-state index in [-0.39, 0.29) is 22.5 Å². The summed E-state index contributed by atoms with van der Waals surface area (Å²) in [7, 11) is 0. The van der Waals surface area contributed by atoms with E-state index in [1.807, 2.05) is 0 Å². The molecule has 1 fully saturated rings. The van der Waals surface area contributed by atoms with Crippen LogP contribution in [0.2, 0.25) is 0 Å². The van der Waals surface area contributed by atoms with Crippen molar-refractivity contribution in [1.29, 1.82) is 0 Å². The Balaban J connectivity index is 1.62. The lowest BCUT2D eigenvalue weighted by Crippen LogP contribution is -2.69. The van der Waals surface area contributed by atoms with Gasteiger partial charge in [-0.2, -0.15) is 0 Å². The Morgan fingerprint density at radius 2 is 1.74 bits per heavy atom. The molecule has 1 aromatic carbocycles. The number of primary amides is 1. The van der Waals surface area contributed by atoms with Crippen LogP contribution in [0.1, 0.15) is 52.7 Å². The first kappa shape index (κ1) is 24.6. The van der Waals surface area contributed by atoms with Crippen molar-refractivity contribution in [3.8, 4) is 0 Å². The Hall–Kier alpha value is -3.48. The van der Waals surface area contributed by atoms with Crippen LogP contribution in [0.3, 0.4) is 0 Å². The van der Waals surface area contributed by atoms with Gasteiger partial charge in [-0.25, -0.2) is 22.0 Å². The van der Waals surface area contributed by atoms with E-state index in [4.69, 9.17) is 5.73 Å². The Morgan fingerprint density at radius 1 is 1.14 bits per heavy atom. The highest BCUT2D eigenvalue weighted by molar-refractivity contribution is 6.05. The number of halogens is 5. The molecule has 1 atom stereocenters. The van der Waals surface area contributed by atoms with Gasteiger partial charge in [-0.15, -0.1) is 0 Å². The van der Waals surface area contributed by atoms with Crippen LogP contribution in [0.25, 0.3) is 0 Å². The molecule has 2 heterocycles. The summed E-state index contributed by atoms with van der Waals surface area (Å²) in [4.78, 5) is 37.4. The van der Waals surface area contributed by atoms with Crippen LogP contribution in [0.5, 0.6) is 0 Å². The quantitative estimate of drug-likeness (QED) is 0.358. The Bertz CT molecular complexity index is 1230. The lowest BCUT2D eigenvalue weighted by Gasteiger charge is -2.45. The molecule has 13 heteroatoms. The summed E-state index contributed by atoms with van der Waals surface area (Å²) in [6.07, 6.45) is -3.00. The van der Waals surface area contributed by atoms with Crippen LogP contribution in [0.15, 0.2) is 12.1 Å². The molecule has 2 aliphatic rings. The first-order valence-corrected chi connectivity index (χ1v) is 10.6. The highest BCUT2D eigenvalue weighted by atomic mass is 19.3. The summed E-state index contributed by atoms with van der Waals surface area (Å²) in [6, 6.07) is 1.20.